The van der Waals surface area contributed by atoms with Crippen LogP contribution in [0.15, 0.2) is 42.5 Å². The molecule has 0 unspecified atom stereocenters. The van der Waals surface area contributed by atoms with Crippen molar-refractivity contribution in [2.45, 2.75) is 13.3 Å². The van der Waals surface area contributed by atoms with Crippen molar-refractivity contribution in [2.75, 3.05) is 5.32 Å². The Morgan fingerprint density at radius 1 is 1.21 bits per heavy atom. The maximum absolute atomic E-state index is 9.87. The van der Waals surface area contributed by atoms with E-state index in [0.29, 0.717) is 0 Å². The molecule has 2 aromatic rings. The zero-order chi connectivity index (χ0) is 13.8. The van der Waals surface area contributed by atoms with Crippen molar-refractivity contribution in [1.29, 1.82) is 0 Å². The fraction of sp³-hybridized carbons (Fsp3) is 0.133. The average Bonchev–Trinajstić information content (AvgIpc) is 2.38. The molecule has 0 aromatic heterocycles. The fourth-order valence-corrected chi connectivity index (χ4v) is 2.11. The summed E-state index contributed by atoms with van der Waals surface area (Å²) < 4.78 is 0. The summed E-state index contributed by atoms with van der Waals surface area (Å²) in [6.45, 7) is 2.03. The first-order chi connectivity index (χ1) is 9.11. The molecular formula is C15H15NO2S. The SMILES string of the molecule is CCc1ccc(-c2ccccc2O)cc1NC(O)=S. The fourth-order valence-electron chi connectivity index (χ4n) is 2.00. The average molecular weight is 273 g/mol. The van der Waals surface area contributed by atoms with Gasteiger partial charge in [0.25, 0.3) is 5.17 Å². The number of rotatable bonds is 3. The number of para-hydroxylation sites is 1. The standard InChI is InChI=1S/C15H15NO2S/c1-2-10-7-8-11(9-13(10)16-15(18)19)12-5-3-4-6-14(12)17/h3-9,17H,2H2,1H3,(H2,16,18,19). The number of hydrogen-bond donors (Lipinski definition) is 3. The number of benzene rings is 2. The Morgan fingerprint density at radius 2 is 1.95 bits per heavy atom. The second-order valence-corrected chi connectivity index (χ2v) is 4.56. The highest BCUT2D eigenvalue weighted by molar-refractivity contribution is 7.80. The van der Waals surface area contributed by atoms with Crippen molar-refractivity contribution < 1.29 is 10.2 Å². The molecule has 0 saturated heterocycles. The molecule has 3 nitrogen and oxygen atoms in total. The number of nitrogens with one attached hydrogen (secondary N) is 1. The van der Waals surface area contributed by atoms with E-state index in [2.05, 4.69) is 17.5 Å². The Labute approximate surface area is 117 Å². The molecule has 19 heavy (non-hydrogen) atoms. The maximum atomic E-state index is 9.87. The highest BCUT2D eigenvalue weighted by Crippen LogP contribution is 2.31. The van der Waals surface area contributed by atoms with Crippen LogP contribution >= 0.6 is 12.2 Å². The van der Waals surface area contributed by atoms with Crippen molar-refractivity contribution in [2.24, 2.45) is 0 Å². The summed E-state index contributed by atoms with van der Waals surface area (Å²) in [4.78, 5) is 0. The van der Waals surface area contributed by atoms with Crippen molar-refractivity contribution in [3.8, 4) is 16.9 Å². The number of aromatic hydroxyl groups is 1. The van der Waals surface area contributed by atoms with Crippen LogP contribution in [-0.4, -0.2) is 15.4 Å². The molecule has 0 heterocycles. The minimum Gasteiger partial charge on any atom is -0.507 e. The lowest BCUT2D eigenvalue weighted by Gasteiger charge is -2.12. The third-order valence-corrected chi connectivity index (χ3v) is 3.05. The van der Waals surface area contributed by atoms with Crippen molar-refractivity contribution in [3.05, 3.63) is 48.0 Å². The van der Waals surface area contributed by atoms with Crippen LogP contribution in [0.5, 0.6) is 5.75 Å². The monoisotopic (exact) mass is 273 g/mol. The van der Waals surface area contributed by atoms with Crippen LogP contribution in [0.2, 0.25) is 0 Å². The van der Waals surface area contributed by atoms with Gasteiger partial charge in [-0.3, -0.25) is 0 Å². The molecule has 98 valence electrons. The molecule has 0 fully saturated rings. The first-order valence-corrected chi connectivity index (χ1v) is 6.44. The van der Waals surface area contributed by atoms with Crippen LogP contribution in [0.1, 0.15) is 12.5 Å². The zero-order valence-corrected chi connectivity index (χ0v) is 11.4. The van der Waals surface area contributed by atoms with Crippen LogP contribution in [0.25, 0.3) is 11.1 Å². The summed E-state index contributed by atoms with van der Waals surface area (Å²) in [5, 5.41) is 21.6. The van der Waals surface area contributed by atoms with E-state index in [1.54, 1.807) is 12.1 Å². The molecule has 0 aliphatic carbocycles. The summed E-state index contributed by atoms with van der Waals surface area (Å²) in [6.07, 6.45) is 0.825. The number of phenols is 1. The molecule has 4 heteroatoms. The molecule has 3 N–H and O–H groups in total. The predicted octanol–water partition coefficient (Wildman–Crippen LogP) is 3.88. The van der Waals surface area contributed by atoms with E-state index in [1.165, 1.54) is 0 Å². The Balaban J connectivity index is 2.48. The predicted molar refractivity (Wildman–Crippen MR) is 81.8 cm³/mol. The minimum atomic E-state index is -0.260. The molecule has 0 atom stereocenters. The topological polar surface area (TPSA) is 52.5 Å². The van der Waals surface area contributed by atoms with Gasteiger partial charge >= 0.3 is 0 Å². The van der Waals surface area contributed by atoms with Crippen LogP contribution in [-0.2, 0) is 6.42 Å². The minimum absolute atomic E-state index is 0.226. The van der Waals surface area contributed by atoms with Crippen molar-refractivity contribution >= 4 is 23.1 Å². The molecule has 2 rings (SSSR count). The van der Waals surface area contributed by atoms with Crippen LogP contribution < -0.4 is 5.32 Å². The van der Waals surface area contributed by atoms with Gasteiger partial charge in [-0.1, -0.05) is 37.3 Å². The first-order valence-electron chi connectivity index (χ1n) is 6.03. The smallest absolute Gasteiger partial charge is 0.258 e. The van der Waals surface area contributed by atoms with Crippen molar-refractivity contribution in [3.63, 3.8) is 0 Å². The molecule has 0 bridgehead atoms. The molecule has 0 saturated carbocycles. The van der Waals surface area contributed by atoms with E-state index in [0.717, 1.165) is 28.8 Å². The largest absolute Gasteiger partial charge is 0.507 e. The normalized spacial score (nSPS) is 10.2. The van der Waals surface area contributed by atoms with E-state index in [4.69, 9.17) is 0 Å². The van der Waals surface area contributed by atoms with Gasteiger partial charge in [0.05, 0.1) is 0 Å². The lowest BCUT2D eigenvalue weighted by molar-refractivity contribution is 0.477. The number of phenolic OH excluding ortho intramolecular Hbond substituents is 1. The van der Waals surface area contributed by atoms with E-state index in [1.807, 2.05) is 37.3 Å². The highest BCUT2D eigenvalue weighted by Gasteiger charge is 2.08. The first kappa shape index (κ1) is 13.4. The summed E-state index contributed by atoms with van der Waals surface area (Å²) in [5.74, 6) is 0.226. The third kappa shape index (κ3) is 3.03. The van der Waals surface area contributed by atoms with Gasteiger partial charge in [-0.15, -0.1) is 0 Å². The summed E-state index contributed by atoms with van der Waals surface area (Å²) in [6, 6.07) is 12.9. The Hall–Kier alpha value is -2.07. The second kappa shape index (κ2) is 5.71. The van der Waals surface area contributed by atoms with Gasteiger partial charge < -0.3 is 15.5 Å². The van der Waals surface area contributed by atoms with Gasteiger partial charge in [0.2, 0.25) is 0 Å². The molecular weight excluding hydrogens is 258 g/mol. The van der Waals surface area contributed by atoms with Crippen molar-refractivity contribution in [1.82, 2.24) is 0 Å². The van der Waals surface area contributed by atoms with Gasteiger partial charge in [-0.2, -0.15) is 0 Å². The van der Waals surface area contributed by atoms with Crippen LogP contribution in [0, 0.1) is 0 Å². The lowest BCUT2D eigenvalue weighted by atomic mass is 10.0. The lowest BCUT2D eigenvalue weighted by Crippen LogP contribution is -2.08. The zero-order valence-electron chi connectivity index (χ0n) is 10.6. The Morgan fingerprint density at radius 3 is 2.58 bits per heavy atom. The molecule has 0 spiro atoms. The summed E-state index contributed by atoms with van der Waals surface area (Å²) in [5.41, 5.74) is 3.43. The number of anilines is 1. The molecule has 0 aliphatic rings. The number of hydrogen-bond acceptors (Lipinski definition) is 2. The number of thiocarbonyl (C=S) groups is 1. The number of aliphatic hydroxyl groups excluding tert-OH is 1. The van der Waals surface area contributed by atoms with E-state index >= 15 is 0 Å². The third-order valence-electron chi connectivity index (χ3n) is 2.95. The van der Waals surface area contributed by atoms with Gasteiger partial charge in [0.15, 0.2) is 0 Å². The molecule has 0 amide bonds. The van der Waals surface area contributed by atoms with Gasteiger partial charge in [-0.25, -0.2) is 0 Å². The maximum Gasteiger partial charge on any atom is 0.258 e. The Kier molecular flexibility index (Phi) is 4.02. The van der Waals surface area contributed by atoms with Crippen LogP contribution in [0.4, 0.5) is 5.69 Å². The summed E-state index contributed by atoms with van der Waals surface area (Å²) >= 11 is 4.67. The highest BCUT2D eigenvalue weighted by atomic mass is 32.1. The second-order valence-electron chi connectivity index (χ2n) is 4.17. The number of aliphatic hydroxyl groups is 1. The van der Waals surface area contributed by atoms with E-state index in [9.17, 15) is 10.2 Å². The van der Waals surface area contributed by atoms with E-state index < -0.39 is 0 Å². The summed E-state index contributed by atoms with van der Waals surface area (Å²) in [7, 11) is 0. The van der Waals surface area contributed by atoms with Gasteiger partial charge in [0, 0.05) is 11.3 Å². The Bertz CT molecular complexity index is 611. The van der Waals surface area contributed by atoms with E-state index in [-0.39, 0.29) is 10.9 Å². The molecule has 0 radical (unpaired) electrons. The number of aryl methyl sites for hydroxylation is 1. The quantitative estimate of drug-likeness (QED) is 0.743. The molecule has 0 aliphatic heterocycles. The van der Waals surface area contributed by atoms with Gasteiger partial charge in [-0.05, 0) is 41.9 Å². The molecule has 2 aromatic carbocycles. The van der Waals surface area contributed by atoms with Gasteiger partial charge in [0.1, 0.15) is 5.75 Å². The van der Waals surface area contributed by atoms with Crippen LogP contribution in [0.3, 0.4) is 0 Å².